The minimum Gasteiger partial charge on any atom is -0.481 e. The van der Waals surface area contributed by atoms with Crippen molar-refractivity contribution >= 4 is 0 Å². The van der Waals surface area contributed by atoms with E-state index in [1.54, 1.807) is 18.2 Å². The van der Waals surface area contributed by atoms with Crippen LogP contribution in [0.15, 0.2) is 67.5 Å². The van der Waals surface area contributed by atoms with Gasteiger partial charge in [-0.05, 0) is 36.4 Å². The highest BCUT2D eigenvalue weighted by Gasteiger charge is 2.37. The first kappa shape index (κ1) is 25.7. The Balaban J connectivity index is 0.00000167. The zero-order valence-corrected chi connectivity index (χ0v) is 18.8. The summed E-state index contributed by atoms with van der Waals surface area (Å²) in [6, 6.07) is 6.41. The van der Waals surface area contributed by atoms with Crippen LogP contribution in [0.2, 0.25) is 0 Å². The van der Waals surface area contributed by atoms with Gasteiger partial charge in [0.15, 0.2) is 0 Å². The number of hydrogen-bond donors (Lipinski definition) is 0. The normalized spacial score (nSPS) is 11.6. The second kappa shape index (κ2) is 10.2. The van der Waals surface area contributed by atoms with Crippen LogP contribution in [0.5, 0.6) is 5.88 Å². The van der Waals surface area contributed by atoms with E-state index in [0.29, 0.717) is 28.9 Å². The van der Waals surface area contributed by atoms with Crippen molar-refractivity contribution in [2.45, 2.75) is 26.2 Å². The quantitative estimate of drug-likeness (QED) is 0.285. The molecule has 184 valence electrons. The molecule has 5 nitrogen and oxygen atoms in total. The van der Waals surface area contributed by atoms with E-state index in [1.807, 2.05) is 13.8 Å². The molecule has 0 atom stereocenters. The maximum atomic E-state index is 13.3. The molecule has 0 saturated heterocycles. The molecule has 0 radical (unpaired) electrons. The summed E-state index contributed by atoms with van der Waals surface area (Å²) < 4.78 is 86.7. The Morgan fingerprint density at radius 2 is 1.46 bits per heavy atom. The number of ether oxygens (including phenoxy) is 1. The van der Waals surface area contributed by atoms with Gasteiger partial charge in [-0.3, -0.25) is 9.55 Å². The topological polar surface area (TPSA) is 52.8 Å². The number of benzene rings is 1. The number of imidazole rings is 1. The molecule has 0 aliphatic heterocycles. The number of alkyl halides is 6. The van der Waals surface area contributed by atoms with E-state index in [9.17, 15) is 26.3 Å². The first-order valence-corrected chi connectivity index (χ1v) is 10.4. The second-order valence-corrected chi connectivity index (χ2v) is 6.90. The van der Waals surface area contributed by atoms with Crippen LogP contribution < -0.4 is 4.74 Å². The number of hydrogen-bond acceptors (Lipinski definition) is 4. The fourth-order valence-corrected chi connectivity index (χ4v) is 3.37. The molecule has 1 aromatic carbocycles. The van der Waals surface area contributed by atoms with Crippen molar-refractivity contribution in [2.24, 2.45) is 0 Å². The molecule has 3 heterocycles. The van der Waals surface area contributed by atoms with Gasteiger partial charge in [-0.25, -0.2) is 9.97 Å². The maximum Gasteiger partial charge on any atom is 0.416 e. The number of aromatic nitrogens is 4. The fraction of sp³-hybridized carbons (Fsp3) is 0.208. The van der Waals surface area contributed by atoms with Gasteiger partial charge < -0.3 is 4.74 Å². The zero-order chi connectivity index (χ0) is 25.8. The summed E-state index contributed by atoms with van der Waals surface area (Å²) in [7, 11) is 1.43. The number of halogens is 6. The summed E-state index contributed by atoms with van der Waals surface area (Å²) in [4.78, 5) is 12.2. The van der Waals surface area contributed by atoms with Gasteiger partial charge in [-0.2, -0.15) is 26.3 Å². The van der Waals surface area contributed by atoms with E-state index in [2.05, 4.69) is 15.0 Å². The van der Waals surface area contributed by atoms with Gasteiger partial charge in [0.05, 0.1) is 48.3 Å². The van der Waals surface area contributed by atoms with E-state index in [0.717, 1.165) is 0 Å². The third-order valence-corrected chi connectivity index (χ3v) is 4.84. The van der Waals surface area contributed by atoms with Gasteiger partial charge in [-0.1, -0.05) is 13.8 Å². The van der Waals surface area contributed by atoms with Crippen LogP contribution in [0.25, 0.3) is 28.1 Å². The van der Waals surface area contributed by atoms with Crippen molar-refractivity contribution in [1.29, 1.82) is 0 Å². The Morgan fingerprint density at radius 1 is 0.800 bits per heavy atom. The van der Waals surface area contributed by atoms with Crippen LogP contribution in [0.1, 0.15) is 25.0 Å². The Bertz CT molecular complexity index is 1270. The summed E-state index contributed by atoms with van der Waals surface area (Å²) in [5, 5.41) is 0. The highest BCUT2D eigenvalue weighted by Crippen LogP contribution is 2.40. The number of rotatable bonds is 4. The van der Waals surface area contributed by atoms with Gasteiger partial charge in [0.1, 0.15) is 0 Å². The Kier molecular flexibility index (Phi) is 7.47. The predicted molar refractivity (Wildman–Crippen MR) is 118 cm³/mol. The molecule has 0 N–H and O–H groups in total. The molecule has 4 rings (SSSR count). The minimum absolute atomic E-state index is 0.0173. The maximum absolute atomic E-state index is 13.3. The molecule has 35 heavy (non-hydrogen) atoms. The van der Waals surface area contributed by atoms with Crippen LogP contribution in [-0.4, -0.2) is 26.6 Å². The van der Waals surface area contributed by atoms with E-state index < -0.39 is 23.5 Å². The number of pyridine rings is 2. The molecule has 0 unspecified atom stereocenters. The molecule has 0 bridgehead atoms. The molecule has 3 aromatic heterocycles. The zero-order valence-electron chi connectivity index (χ0n) is 18.8. The van der Waals surface area contributed by atoms with E-state index in [4.69, 9.17) is 4.74 Å². The third kappa shape index (κ3) is 5.44. The van der Waals surface area contributed by atoms with Crippen LogP contribution in [-0.2, 0) is 12.4 Å². The lowest BCUT2D eigenvalue weighted by Crippen LogP contribution is -2.11. The van der Waals surface area contributed by atoms with Gasteiger partial charge in [-0.15, -0.1) is 0 Å². The lowest BCUT2D eigenvalue weighted by molar-refractivity contribution is -0.143. The highest BCUT2D eigenvalue weighted by atomic mass is 19.4. The smallest absolute Gasteiger partial charge is 0.416 e. The van der Waals surface area contributed by atoms with Gasteiger partial charge in [0.2, 0.25) is 5.88 Å². The van der Waals surface area contributed by atoms with Gasteiger partial charge in [0.25, 0.3) is 0 Å². The molecule has 4 aromatic rings. The van der Waals surface area contributed by atoms with Crippen molar-refractivity contribution in [3.63, 3.8) is 0 Å². The molecular weight excluding hydrogens is 474 g/mol. The first-order chi connectivity index (χ1) is 16.6. The molecule has 0 aliphatic carbocycles. The SMILES string of the molecule is CC.COc1ncccc1-c1ccncc1-n1cncc1-c1cc(C(F)(F)F)cc(C(F)(F)F)c1. The second-order valence-electron chi connectivity index (χ2n) is 6.90. The van der Waals surface area contributed by atoms with E-state index in [-0.39, 0.29) is 23.2 Å². The van der Waals surface area contributed by atoms with Crippen molar-refractivity contribution in [3.05, 3.63) is 78.6 Å². The Hall–Kier alpha value is -3.89. The molecule has 0 spiro atoms. The number of methoxy groups -OCH3 is 1. The van der Waals surface area contributed by atoms with Crippen molar-refractivity contribution < 1.29 is 31.1 Å². The van der Waals surface area contributed by atoms with Crippen LogP contribution in [0.3, 0.4) is 0 Å². The third-order valence-electron chi connectivity index (χ3n) is 4.84. The monoisotopic (exact) mass is 494 g/mol. The van der Waals surface area contributed by atoms with Crippen LogP contribution in [0, 0.1) is 0 Å². The fourth-order valence-electron chi connectivity index (χ4n) is 3.37. The lowest BCUT2D eigenvalue weighted by atomic mass is 10.0. The highest BCUT2D eigenvalue weighted by molar-refractivity contribution is 5.77. The molecule has 0 aliphatic rings. The van der Waals surface area contributed by atoms with Crippen LogP contribution >= 0.6 is 0 Å². The van der Waals surface area contributed by atoms with Crippen molar-refractivity contribution in [2.75, 3.05) is 7.11 Å². The largest absolute Gasteiger partial charge is 0.481 e. The number of nitrogens with zero attached hydrogens (tertiary/aromatic N) is 4. The van der Waals surface area contributed by atoms with E-state index >= 15 is 0 Å². The first-order valence-electron chi connectivity index (χ1n) is 10.4. The summed E-state index contributed by atoms with van der Waals surface area (Å²) in [6.07, 6.45) is -3.03. The molecule has 0 fully saturated rings. The van der Waals surface area contributed by atoms with Crippen molar-refractivity contribution in [1.82, 2.24) is 19.5 Å². The van der Waals surface area contributed by atoms with Crippen LogP contribution in [0.4, 0.5) is 26.3 Å². The Morgan fingerprint density at radius 3 is 2.06 bits per heavy atom. The van der Waals surface area contributed by atoms with Gasteiger partial charge >= 0.3 is 12.4 Å². The summed E-state index contributed by atoms with van der Waals surface area (Å²) in [5.74, 6) is 0.282. The average molecular weight is 494 g/mol. The summed E-state index contributed by atoms with van der Waals surface area (Å²) in [5.41, 5.74) is -1.66. The molecular formula is C24H20F6N4O. The lowest BCUT2D eigenvalue weighted by Gasteiger charge is -2.17. The molecule has 0 saturated carbocycles. The standard InChI is InChI=1S/C22H14F6N4O.C2H6/c1-33-20-17(3-2-5-31-20)16-4-6-29-11-19(16)32-12-30-10-18(32)13-7-14(21(23,24)25)9-15(8-13)22(26,27)28;1-2/h2-12H,1H3;1-2H3. The van der Waals surface area contributed by atoms with Crippen molar-refractivity contribution in [3.8, 4) is 34.0 Å². The van der Waals surface area contributed by atoms with E-state index in [1.165, 1.54) is 42.8 Å². The average Bonchev–Trinajstić information content (AvgIpc) is 3.34. The van der Waals surface area contributed by atoms with Gasteiger partial charge in [0, 0.05) is 29.1 Å². The Labute approximate surface area is 197 Å². The minimum atomic E-state index is -4.97. The molecule has 11 heteroatoms. The summed E-state index contributed by atoms with van der Waals surface area (Å²) >= 11 is 0. The summed E-state index contributed by atoms with van der Waals surface area (Å²) in [6.45, 7) is 4.00. The molecule has 0 amide bonds. The predicted octanol–water partition coefficient (Wildman–Crippen LogP) is 7.07.